The van der Waals surface area contributed by atoms with Crippen molar-refractivity contribution in [1.29, 1.82) is 0 Å². The maximum absolute atomic E-state index is 13.1. The molecular weight excluding hydrogens is 460 g/mol. The quantitative estimate of drug-likeness (QED) is 0.339. The monoisotopic (exact) mass is 482 g/mol. The lowest BCUT2D eigenvalue weighted by atomic mass is 10.2. The number of amides is 2. The van der Waals surface area contributed by atoms with E-state index in [1.807, 2.05) is 0 Å². The van der Waals surface area contributed by atoms with Crippen molar-refractivity contribution >= 4 is 22.7 Å². The van der Waals surface area contributed by atoms with Gasteiger partial charge in [0.25, 0.3) is 5.91 Å². The molecule has 182 valence electrons. The highest BCUT2D eigenvalue weighted by molar-refractivity contribution is 6.04. The van der Waals surface area contributed by atoms with E-state index in [2.05, 4.69) is 25.7 Å². The average Bonchev–Trinajstić information content (AvgIpc) is 3.18. The van der Waals surface area contributed by atoms with E-state index in [1.165, 1.54) is 24.0 Å². The summed E-state index contributed by atoms with van der Waals surface area (Å²) in [6.45, 7) is 2.19. The highest BCUT2D eigenvalue weighted by Gasteiger charge is 2.41. The predicted octanol–water partition coefficient (Wildman–Crippen LogP) is 2.33. The first-order valence-corrected chi connectivity index (χ1v) is 10.2. The molecule has 3 rings (SSSR count). The minimum Gasteiger partial charge on any atom is -0.485 e. The van der Waals surface area contributed by atoms with Gasteiger partial charge in [-0.2, -0.15) is 13.9 Å². The number of fused-ring (bicyclic) bond motifs is 1. The number of halogens is 4. The van der Waals surface area contributed by atoms with E-state index in [0.29, 0.717) is 22.2 Å². The molecule has 2 amide bonds. The predicted molar refractivity (Wildman–Crippen MR) is 113 cm³/mol. The van der Waals surface area contributed by atoms with Crippen molar-refractivity contribution in [2.24, 2.45) is 0 Å². The second kappa shape index (κ2) is 10.4. The molecule has 0 aliphatic rings. The SMILES string of the molecule is CC(=O)NCCNC(=O)c1nccc2nn(Cc3cc(C)c(OCC(F)(F)C(F)F)cn3)cc12. The van der Waals surface area contributed by atoms with Crippen LogP contribution < -0.4 is 15.4 Å². The molecule has 34 heavy (non-hydrogen) atoms. The summed E-state index contributed by atoms with van der Waals surface area (Å²) in [6, 6.07) is 3.20. The van der Waals surface area contributed by atoms with Crippen LogP contribution in [-0.2, 0) is 11.3 Å². The van der Waals surface area contributed by atoms with Crippen molar-refractivity contribution in [1.82, 2.24) is 30.4 Å². The van der Waals surface area contributed by atoms with Crippen LogP contribution in [0.1, 0.15) is 28.7 Å². The smallest absolute Gasteiger partial charge is 0.340 e. The maximum atomic E-state index is 13.1. The maximum Gasteiger partial charge on any atom is 0.340 e. The van der Waals surface area contributed by atoms with Crippen molar-refractivity contribution < 1.29 is 31.9 Å². The van der Waals surface area contributed by atoms with Gasteiger partial charge in [-0.05, 0) is 24.6 Å². The standard InChI is InChI=1S/C21H22F4N6O3/c1-12-7-14(29-8-17(12)34-11-21(24,25)20(22)23)9-31-10-15-16(30-31)3-4-27-18(15)19(33)28-6-5-26-13(2)32/h3-4,7-8,10,20H,5-6,9,11H2,1-2H3,(H,26,32)(H,28,33). The third kappa shape index (κ3) is 6.17. The van der Waals surface area contributed by atoms with Gasteiger partial charge in [-0.3, -0.25) is 24.2 Å². The Morgan fingerprint density at radius 1 is 1.21 bits per heavy atom. The van der Waals surface area contributed by atoms with Crippen LogP contribution >= 0.6 is 0 Å². The topological polar surface area (TPSA) is 111 Å². The molecule has 9 nitrogen and oxygen atoms in total. The minimum absolute atomic E-state index is 0.0304. The summed E-state index contributed by atoms with van der Waals surface area (Å²) in [4.78, 5) is 31.6. The zero-order valence-corrected chi connectivity index (χ0v) is 18.3. The van der Waals surface area contributed by atoms with Crippen LogP contribution in [0.4, 0.5) is 17.6 Å². The Labute approximate surface area is 191 Å². The minimum atomic E-state index is -4.26. The molecule has 0 saturated heterocycles. The Bertz CT molecular complexity index is 1180. The fourth-order valence-corrected chi connectivity index (χ4v) is 3.00. The van der Waals surface area contributed by atoms with Crippen LogP contribution in [-0.4, -0.2) is 63.6 Å². The number of pyridine rings is 2. The molecule has 0 radical (unpaired) electrons. The van der Waals surface area contributed by atoms with Gasteiger partial charge in [0, 0.05) is 32.4 Å². The first-order valence-electron chi connectivity index (χ1n) is 10.2. The van der Waals surface area contributed by atoms with E-state index in [1.54, 1.807) is 25.3 Å². The summed E-state index contributed by atoms with van der Waals surface area (Å²) in [5.41, 5.74) is 1.63. The van der Waals surface area contributed by atoms with Crippen LogP contribution in [0.3, 0.4) is 0 Å². The molecule has 0 aliphatic heterocycles. The Hall–Kier alpha value is -3.77. The number of aryl methyl sites for hydroxylation is 1. The third-order valence-electron chi connectivity index (χ3n) is 4.66. The second-order valence-electron chi connectivity index (χ2n) is 7.45. The normalized spacial score (nSPS) is 11.6. The zero-order valence-electron chi connectivity index (χ0n) is 18.3. The molecule has 3 aromatic heterocycles. The lowest BCUT2D eigenvalue weighted by Crippen LogP contribution is -2.34. The Morgan fingerprint density at radius 2 is 1.94 bits per heavy atom. The number of nitrogens with one attached hydrogen (secondary N) is 2. The summed E-state index contributed by atoms with van der Waals surface area (Å²) >= 11 is 0. The molecule has 3 aromatic rings. The van der Waals surface area contributed by atoms with Gasteiger partial charge in [0.05, 0.1) is 29.3 Å². The number of alkyl halides is 4. The van der Waals surface area contributed by atoms with E-state index in [4.69, 9.17) is 4.74 Å². The third-order valence-corrected chi connectivity index (χ3v) is 4.66. The second-order valence-corrected chi connectivity index (χ2v) is 7.45. The molecule has 0 aliphatic carbocycles. The van der Waals surface area contributed by atoms with E-state index in [9.17, 15) is 27.2 Å². The van der Waals surface area contributed by atoms with Gasteiger partial charge in [0.15, 0.2) is 6.61 Å². The van der Waals surface area contributed by atoms with E-state index in [-0.39, 0.29) is 37.0 Å². The summed E-state index contributed by atoms with van der Waals surface area (Å²) in [6.07, 6.45) is 0.430. The van der Waals surface area contributed by atoms with E-state index >= 15 is 0 Å². The molecule has 0 saturated carbocycles. The average molecular weight is 482 g/mol. The fraction of sp³-hybridized carbons (Fsp3) is 0.381. The molecule has 0 aromatic carbocycles. The Kier molecular flexibility index (Phi) is 7.64. The van der Waals surface area contributed by atoms with Crippen LogP contribution in [0.2, 0.25) is 0 Å². The lowest BCUT2D eigenvalue weighted by molar-refractivity contribution is -0.148. The van der Waals surface area contributed by atoms with Crippen LogP contribution in [0.25, 0.3) is 10.9 Å². The van der Waals surface area contributed by atoms with E-state index in [0.717, 1.165) is 0 Å². The fourth-order valence-electron chi connectivity index (χ4n) is 3.00. The van der Waals surface area contributed by atoms with Gasteiger partial charge in [-0.15, -0.1) is 0 Å². The number of aromatic nitrogens is 4. The van der Waals surface area contributed by atoms with Crippen LogP contribution in [0, 0.1) is 6.92 Å². The zero-order chi connectivity index (χ0) is 24.9. The van der Waals surface area contributed by atoms with Gasteiger partial charge in [0.2, 0.25) is 5.91 Å². The highest BCUT2D eigenvalue weighted by atomic mass is 19.3. The molecular formula is C21H22F4N6O3. The van der Waals surface area contributed by atoms with Crippen LogP contribution in [0.5, 0.6) is 5.75 Å². The van der Waals surface area contributed by atoms with Gasteiger partial charge in [-0.25, -0.2) is 8.78 Å². The van der Waals surface area contributed by atoms with Crippen molar-refractivity contribution in [3.05, 3.63) is 47.7 Å². The Morgan fingerprint density at radius 3 is 2.62 bits per heavy atom. The number of nitrogens with zero attached hydrogens (tertiary/aromatic N) is 4. The molecule has 0 bridgehead atoms. The van der Waals surface area contributed by atoms with Crippen molar-refractivity contribution in [3.63, 3.8) is 0 Å². The molecule has 13 heteroatoms. The van der Waals surface area contributed by atoms with Crippen LogP contribution in [0.15, 0.2) is 30.7 Å². The molecule has 0 fully saturated rings. The molecule has 0 atom stereocenters. The van der Waals surface area contributed by atoms with Crippen molar-refractivity contribution in [3.8, 4) is 5.75 Å². The van der Waals surface area contributed by atoms with Gasteiger partial charge < -0.3 is 15.4 Å². The van der Waals surface area contributed by atoms with Crippen molar-refractivity contribution in [2.45, 2.75) is 32.7 Å². The van der Waals surface area contributed by atoms with Gasteiger partial charge in [0.1, 0.15) is 11.4 Å². The molecule has 0 unspecified atom stereocenters. The summed E-state index contributed by atoms with van der Waals surface area (Å²) in [7, 11) is 0. The van der Waals surface area contributed by atoms with E-state index < -0.39 is 24.9 Å². The number of carbonyl (C=O) groups excluding carboxylic acids is 2. The Balaban J connectivity index is 1.69. The van der Waals surface area contributed by atoms with Crippen molar-refractivity contribution in [2.75, 3.05) is 19.7 Å². The largest absolute Gasteiger partial charge is 0.485 e. The first-order chi connectivity index (χ1) is 16.1. The summed E-state index contributed by atoms with van der Waals surface area (Å²) in [5, 5.41) is 10.1. The molecule has 0 spiro atoms. The van der Waals surface area contributed by atoms with Gasteiger partial charge in [-0.1, -0.05) is 0 Å². The number of rotatable bonds is 10. The number of carbonyl (C=O) groups is 2. The lowest BCUT2D eigenvalue weighted by Gasteiger charge is -2.17. The summed E-state index contributed by atoms with van der Waals surface area (Å²) in [5.74, 6) is -4.92. The molecule has 2 N–H and O–H groups in total. The van der Waals surface area contributed by atoms with Gasteiger partial charge >= 0.3 is 12.3 Å². The highest BCUT2D eigenvalue weighted by Crippen LogP contribution is 2.26. The summed E-state index contributed by atoms with van der Waals surface area (Å²) < 4.78 is 57.1. The molecule has 3 heterocycles. The first kappa shape index (κ1) is 24.9. The number of hydrogen-bond acceptors (Lipinski definition) is 6. The number of ether oxygens (including phenoxy) is 1. The number of hydrogen-bond donors (Lipinski definition) is 2.